The molecule has 1 aromatic rings. The fourth-order valence-corrected chi connectivity index (χ4v) is 2.09. The van der Waals surface area contributed by atoms with Crippen LogP contribution >= 0.6 is 0 Å². The topological polar surface area (TPSA) is 38.3 Å². The van der Waals surface area contributed by atoms with Crippen molar-refractivity contribution in [1.82, 2.24) is 5.32 Å². The second kappa shape index (κ2) is 9.94. The Morgan fingerprint density at radius 1 is 1.13 bits per heavy atom. The van der Waals surface area contributed by atoms with Crippen molar-refractivity contribution in [1.29, 1.82) is 0 Å². The summed E-state index contributed by atoms with van der Waals surface area (Å²) in [5.41, 5.74) is 1.84. The third-order valence-corrected chi connectivity index (χ3v) is 3.23. The maximum Gasteiger partial charge on any atom is 0.408 e. The number of hydrogen-bond donors (Lipinski definition) is 1. The number of hydrogen-bond acceptors (Lipinski definition) is 2. The lowest BCUT2D eigenvalue weighted by molar-refractivity contribution is 0.0535. The van der Waals surface area contributed by atoms with E-state index >= 15 is 0 Å². The van der Waals surface area contributed by atoms with Crippen LogP contribution in [0.3, 0.4) is 0 Å². The second-order valence-electron chi connectivity index (χ2n) is 6.66. The Hall–Kier alpha value is -1.95. The number of carbonyl (C=O) groups excluding carboxylic acids is 1. The van der Waals surface area contributed by atoms with E-state index in [-0.39, 0.29) is 6.54 Å². The van der Waals surface area contributed by atoms with Crippen molar-refractivity contribution in [3.05, 3.63) is 35.4 Å². The molecule has 126 valence electrons. The minimum absolute atomic E-state index is 0.285. The normalized spacial score (nSPS) is 10.6. The Balaban J connectivity index is 2.34. The van der Waals surface area contributed by atoms with E-state index < -0.39 is 11.7 Å². The largest absolute Gasteiger partial charge is 0.444 e. The number of rotatable bonds is 6. The second-order valence-corrected chi connectivity index (χ2v) is 6.66. The van der Waals surface area contributed by atoms with E-state index in [1.54, 1.807) is 0 Å². The monoisotopic (exact) mass is 315 g/mol. The number of carbonyl (C=O) groups is 1. The standard InChI is InChI=1S/C20H29NO2/c1-5-6-7-8-10-17-12-14-18(15-13-17)11-9-16-21-19(22)23-20(2,3)4/h12-15H,5-8,10,16H2,1-4H3,(H,21,22). The molecule has 0 aliphatic heterocycles. The van der Waals surface area contributed by atoms with Crippen LogP contribution in [-0.2, 0) is 11.2 Å². The van der Waals surface area contributed by atoms with E-state index in [2.05, 4.69) is 36.2 Å². The summed E-state index contributed by atoms with van der Waals surface area (Å²) in [4.78, 5) is 11.5. The molecular formula is C20H29NO2. The Labute approximate surface area is 140 Å². The van der Waals surface area contributed by atoms with Gasteiger partial charge in [0.25, 0.3) is 0 Å². The highest BCUT2D eigenvalue weighted by Crippen LogP contribution is 2.09. The van der Waals surface area contributed by atoms with Crippen LogP contribution in [0.25, 0.3) is 0 Å². The Bertz CT molecular complexity index is 529. The van der Waals surface area contributed by atoms with Gasteiger partial charge >= 0.3 is 6.09 Å². The van der Waals surface area contributed by atoms with Crippen molar-refractivity contribution < 1.29 is 9.53 Å². The summed E-state index contributed by atoms with van der Waals surface area (Å²) < 4.78 is 5.14. The van der Waals surface area contributed by atoms with E-state index in [1.165, 1.54) is 31.2 Å². The molecule has 1 aromatic carbocycles. The average Bonchev–Trinajstić information content (AvgIpc) is 2.48. The summed E-state index contributed by atoms with van der Waals surface area (Å²) in [7, 11) is 0. The van der Waals surface area contributed by atoms with Crippen LogP contribution in [0.1, 0.15) is 64.5 Å². The van der Waals surface area contributed by atoms with Gasteiger partial charge in [-0.05, 0) is 51.3 Å². The Morgan fingerprint density at radius 3 is 2.43 bits per heavy atom. The minimum Gasteiger partial charge on any atom is -0.444 e. The molecule has 1 amide bonds. The highest BCUT2D eigenvalue weighted by Gasteiger charge is 2.14. The van der Waals surface area contributed by atoms with E-state index in [9.17, 15) is 4.79 Å². The lowest BCUT2D eigenvalue weighted by Crippen LogP contribution is -2.32. The molecule has 0 radical (unpaired) electrons. The first kappa shape index (κ1) is 19.1. The molecule has 0 fully saturated rings. The molecule has 0 heterocycles. The number of benzene rings is 1. The summed E-state index contributed by atoms with van der Waals surface area (Å²) in [6.45, 7) is 8.02. The lowest BCUT2D eigenvalue weighted by Gasteiger charge is -2.18. The first-order valence-corrected chi connectivity index (χ1v) is 8.45. The molecule has 0 unspecified atom stereocenters. The first-order valence-electron chi connectivity index (χ1n) is 8.45. The van der Waals surface area contributed by atoms with Gasteiger partial charge in [0.05, 0.1) is 6.54 Å². The average molecular weight is 315 g/mol. The summed E-state index contributed by atoms with van der Waals surface area (Å²) in [5, 5.41) is 2.63. The van der Waals surface area contributed by atoms with Crippen LogP contribution in [0.4, 0.5) is 4.79 Å². The zero-order chi connectivity index (χ0) is 17.1. The molecule has 0 aromatic heterocycles. The summed E-state index contributed by atoms with van der Waals surface area (Å²) in [6, 6.07) is 8.35. The molecule has 23 heavy (non-hydrogen) atoms. The van der Waals surface area contributed by atoms with Crippen molar-refractivity contribution in [2.45, 2.75) is 65.4 Å². The van der Waals surface area contributed by atoms with Crippen LogP contribution in [0, 0.1) is 11.8 Å². The quantitative estimate of drug-likeness (QED) is 0.611. The SMILES string of the molecule is CCCCCCc1ccc(C#CCNC(=O)OC(C)(C)C)cc1. The minimum atomic E-state index is -0.482. The predicted molar refractivity (Wildman–Crippen MR) is 95.4 cm³/mol. The van der Waals surface area contributed by atoms with Gasteiger partial charge in [-0.25, -0.2) is 4.79 Å². The van der Waals surface area contributed by atoms with Gasteiger partial charge in [-0.3, -0.25) is 0 Å². The third kappa shape index (κ3) is 9.63. The van der Waals surface area contributed by atoms with Crippen molar-refractivity contribution in [3.8, 4) is 11.8 Å². The molecule has 0 aliphatic rings. The molecule has 0 atom stereocenters. The zero-order valence-electron chi connectivity index (χ0n) is 14.9. The lowest BCUT2D eigenvalue weighted by atomic mass is 10.0. The summed E-state index contributed by atoms with van der Waals surface area (Å²) >= 11 is 0. The van der Waals surface area contributed by atoms with Crippen molar-refractivity contribution in [2.75, 3.05) is 6.54 Å². The van der Waals surface area contributed by atoms with Crippen LogP contribution in [-0.4, -0.2) is 18.2 Å². The van der Waals surface area contributed by atoms with E-state index in [1.807, 2.05) is 32.9 Å². The number of nitrogens with one attached hydrogen (secondary N) is 1. The molecule has 3 heteroatoms. The molecule has 0 saturated carbocycles. The fraction of sp³-hybridized carbons (Fsp3) is 0.550. The number of aryl methyl sites for hydroxylation is 1. The highest BCUT2D eigenvalue weighted by atomic mass is 16.6. The molecule has 0 bridgehead atoms. The van der Waals surface area contributed by atoms with Crippen LogP contribution in [0.2, 0.25) is 0 Å². The zero-order valence-corrected chi connectivity index (χ0v) is 14.9. The number of alkyl carbamates (subject to hydrolysis) is 1. The molecule has 3 nitrogen and oxygen atoms in total. The highest BCUT2D eigenvalue weighted by molar-refractivity contribution is 5.68. The summed E-state index contributed by atoms with van der Waals surface area (Å²) in [6.07, 6.45) is 5.83. The predicted octanol–water partition coefficient (Wildman–Crippen LogP) is 4.69. The molecule has 0 spiro atoms. The smallest absolute Gasteiger partial charge is 0.408 e. The van der Waals surface area contributed by atoms with Crippen molar-refractivity contribution in [2.24, 2.45) is 0 Å². The molecule has 1 N–H and O–H groups in total. The Morgan fingerprint density at radius 2 is 1.83 bits per heavy atom. The van der Waals surface area contributed by atoms with Crippen LogP contribution in [0.15, 0.2) is 24.3 Å². The fourth-order valence-electron chi connectivity index (χ4n) is 2.09. The van der Waals surface area contributed by atoms with Gasteiger partial charge in [-0.2, -0.15) is 0 Å². The first-order chi connectivity index (χ1) is 10.9. The van der Waals surface area contributed by atoms with Gasteiger partial charge in [0.15, 0.2) is 0 Å². The van der Waals surface area contributed by atoms with Crippen LogP contribution < -0.4 is 5.32 Å². The molecular weight excluding hydrogens is 286 g/mol. The van der Waals surface area contributed by atoms with Gasteiger partial charge < -0.3 is 10.1 Å². The molecule has 1 rings (SSSR count). The Kier molecular flexibility index (Phi) is 8.26. The van der Waals surface area contributed by atoms with Gasteiger partial charge in [0.2, 0.25) is 0 Å². The number of ether oxygens (including phenoxy) is 1. The number of unbranched alkanes of at least 4 members (excludes halogenated alkanes) is 3. The van der Waals surface area contributed by atoms with Gasteiger partial charge in [-0.15, -0.1) is 0 Å². The van der Waals surface area contributed by atoms with Gasteiger partial charge in [0, 0.05) is 5.56 Å². The third-order valence-electron chi connectivity index (χ3n) is 3.23. The van der Waals surface area contributed by atoms with E-state index in [0.29, 0.717) is 0 Å². The maximum absolute atomic E-state index is 11.5. The molecule has 0 saturated heterocycles. The van der Waals surface area contributed by atoms with Gasteiger partial charge in [-0.1, -0.05) is 50.2 Å². The summed E-state index contributed by atoms with van der Waals surface area (Å²) in [5.74, 6) is 5.98. The molecule has 0 aliphatic carbocycles. The van der Waals surface area contributed by atoms with Crippen molar-refractivity contribution in [3.63, 3.8) is 0 Å². The van der Waals surface area contributed by atoms with E-state index in [0.717, 1.165) is 12.0 Å². The maximum atomic E-state index is 11.5. The van der Waals surface area contributed by atoms with Crippen molar-refractivity contribution >= 4 is 6.09 Å². The van der Waals surface area contributed by atoms with E-state index in [4.69, 9.17) is 4.74 Å². The number of amides is 1. The van der Waals surface area contributed by atoms with Crippen LogP contribution in [0.5, 0.6) is 0 Å². The van der Waals surface area contributed by atoms with Gasteiger partial charge in [0.1, 0.15) is 5.60 Å².